The molecule has 0 spiro atoms. The second-order valence-electron chi connectivity index (χ2n) is 9.95. The van der Waals surface area contributed by atoms with Gasteiger partial charge >= 0.3 is 24.4 Å². The van der Waals surface area contributed by atoms with Crippen molar-refractivity contribution in [3.8, 4) is 5.69 Å². The summed E-state index contributed by atoms with van der Waals surface area (Å²) in [5, 5.41) is 8.49. The van der Waals surface area contributed by atoms with Crippen LogP contribution in [-0.4, -0.2) is 38.9 Å². The van der Waals surface area contributed by atoms with Crippen LogP contribution < -0.4 is 5.69 Å². The number of hydrogen-bond acceptors (Lipinski definition) is 4. The summed E-state index contributed by atoms with van der Waals surface area (Å²) in [7, 11) is 3.83. The Morgan fingerprint density at radius 1 is 1.30 bits per heavy atom. The van der Waals surface area contributed by atoms with Crippen LogP contribution in [0.1, 0.15) is 48.8 Å². The fraction of sp³-hybridized carbons (Fsp3) is 0.370. The van der Waals surface area contributed by atoms with Crippen LogP contribution in [0.5, 0.6) is 0 Å². The first kappa shape index (κ1) is 25.0. The summed E-state index contributed by atoms with van der Waals surface area (Å²) >= 11 is 0. The van der Waals surface area contributed by atoms with E-state index in [4.69, 9.17) is 0 Å². The van der Waals surface area contributed by atoms with E-state index in [1.165, 1.54) is 23.0 Å². The molecule has 1 fully saturated rings. The molecule has 1 saturated carbocycles. The summed E-state index contributed by atoms with van der Waals surface area (Å²) in [6.45, 7) is 6.45. The van der Waals surface area contributed by atoms with Crippen molar-refractivity contribution in [2.45, 2.75) is 44.8 Å². The summed E-state index contributed by atoms with van der Waals surface area (Å²) in [6, 6.07) is 8.08. The maximum atomic E-state index is 13.7. The second-order valence-corrected chi connectivity index (χ2v) is 9.95. The predicted molar refractivity (Wildman–Crippen MR) is 135 cm³/mol. The minimum absolute atomic E-state index is 0.0476. The zero-order chi connectivity index (χ0) is 26.5. The first-order valence-electron chi connectivity index (χ1n) is 12.2. The number of likely N-dealkylation sites (N-methyl/N-ethyl adjacent to an activating group) is 1. The SMILES string of the molecule is C=C(C)N(C)Cc1cc([C@H]([C]2N=NC=[N+]2C)C2CCC2)cc(-n2cc3c(C(F)(F)F)cccn3c2=O)c1. The summed E-state index contributed by atoms with van der Waals surface area (Å²) in [4.78, 5) is 15.3. The molecule has 5 rings (SSSR count). The molecule has 0 unspecified atom stereocenters. The van der Waals surface area contributed by atoms with Gasteiger partial charge in [0.05, 0.1) is 34.8 Å². The highest BCUT2D eigenvalue weighted by Crippen LogP contribution is 2.46. The van der Waals surface area contributed by atoms with Crippen molar-refractivity contribution in [3.63, 3.8) is 0 Å². The average Bonchev–Trinajstić information content (AvgIpc) is 3.38. The topological polar surface area (TPSA) is 57.4 Å². The third-order valence-corrected chi connectivity index (χ3v) is 7.36. The van der Waals surface area contributed by atoms with Crippen LogP contribution in [0, 0.1) is 12.1 Å². The molecule has 1 aliphatic heterocycles. The minimum atomic E-state index is -4.58. The zero-order valence-electron chi connectivity index (χ0n) is 21.0. The Balaban J connectivity index is 1.69. The molecular formula is C27H29F3N6O+. The molecule has 0 bridgehead atoms. The van der Waals surface area contributed by atoms with Gasteiger partial charge in [0.1, 0.15) is 0 Å². The maximum absolute atomic E-state index is 13.7. The summed E-state index contributed by atoms with van der Waals surface area (Å²) in [6.07, 6.45) is 3.79. The van der Waals surface area contributed by atoms with Crippen LogP contribution in [0.25, 0.3) is 11.2 Å². The first-order chi connectivity index (χ1) is 17.5. The molecule has 10 heteroatoms. The number of nitrogens with zero attached hydrogens (tertiary/aromatic N) is 6. The van der Waals surface area contributed by atoms with Crippen molar-refractivity contribution in [1.82, 2.24) is 13.9 Å². The maximum Gasteiger partial charge on any atom is 0.418 e. The Hall–Kier alpha value is -3.69. The lowest BCUT2D eigenvalue weighted by Gasteiger charge is -2.34. The number of aromatic nitrogens is 2. The monoisotopic (exact) mass is 510 g/mol. The Morgan fingerprint density at radius 2 is 2.05 bits per heavy atom. The fourth-order valence-corrected chi connectivity index (χ4v) is 5.04. The quantitative estimate of drug-likeness (QED) is 0.390. The Bertz CT molecular complexity index is 1480. The van der Waals surface area contributed by atoms with Crippen LogP contribution in [0.2, 0.25) is 0 Å². The van der Waals surface area contributed by atoms with Gasteiger partial charge in [-0.25, -0.2) is 9.37 Å². The fourth-order valence-electron chi connectivity index (χ4n) is 5.04. The summed E-state index contributed by atoms with van der Waals surface area (Å²) in [5.74, 6) is 0.320. The molecule has 0 saturated heterocycles. The molecule has 0 amide bonds. The van der Waals surface area contributed by atoms with Crippen molar-refractivity contribution in [3.05, 3.63) is 88.3 Å². The van der Waals surface area contributed by atoms with E-state index < -0.39 is 17.4 Å². The number of fused-ring (bicyclic) bond motifs is 1. The number of allylic oxidation sites excluding steroid dienone is 1. The van der Waals surface area contributed by atoms with Crippen LogP contribution >= 0.6 is 0 Å². The van der Waals surface area contributed by atoms with Crippen molar-refractivity contribution in [2.24, 2.45) is 16.1 Å². The van der Waals surface area contributed by atoms with Crippen molar-refractivity contribution in [1.29, 1.82) is 0 Å². The number of hydrogen-bond donors (Lipinski definition) is 0. The number of imidazole rings is 1. The Morgan fingerprint density at radius 3 is 2.65 bits per heavy atom. The molecule has 2 aliphatic rings. The number of rotatable bonds is 7. The van der Waals surface area contributed by atoms with Crippen LogP contribution in [0.4, 0.5) is 13.2 Å². The Kier molecular flexibility index (Phi) is 6.29. The highest BCUT2D eigenvalue weighted by molar-refractivity contribution is 5.57. The van der Waals surface area contributed by atoms with Crippen molar-refractivity contribution < 1.29 is 17.7 Å². The molecule has 2 aromatic heterocycles. The smallest absolute Gasteiger partial charge is 0.374 e. The van der Waals surface area contributed by atoms with Gasteiger partial charge in [-0.1, -0.05) is 19.1 Å². The van der Waals surface area contributed by atoms with Gasteiger partial charge in [0, 0.05) is 31.7 Å². The van der Waals surface area contributed by atoms with Gasteiger partial charge < -0.3 is 4.90 Å². The lowest BCUT2D eigenvalue weighted by Crippen LogP contribution is -2.29. The molecule has 193 valence electrons. The van der Waals surface area contributed by atoms with Gasteiger partial charge in [-0.15, -0.1) is 0 Å². The molecule has 7 nitrogen and oxygen atoms in total. The summed E-state index contributed by atoms with van der Waals surface area (Å²) in [5.41, 5.74) is 1.67. The van der Waals surface area contributed by atoms with Gasteiger partial charge in [-0.3, -0.25) is 8.97 Å². The van der Waals surface area contributed by atoms with E-state index in [0.717, 1.165) is 52.7 Å². The molecular weight excluding hydrogens is 481 g/mol. The van der Waals surface area contributed by atoms with E-state index in [2.05, 4.69) is 22.9 Å². The third-order valence-electron chi connectivity index (χ3n) is 7.36. The largest absolute Gasteiger partial charge is 0.418 e. The Labute approximate surface area is 212 Å². The summed E-state index contributed by atoms with van der Waals surface area (Å²) < 4.78 is 45.3. The van der Waals surface area contributed by atoms with Crippen LogP contribution in [0.15, 0.2) is 70.0 Å². The molecule has 1 atom stereocenters. The first-order valence-corrected chi connectivity index (χ1v) is 12.2. The lowest BCUT2D eigenvalue weighted by molar-refractivity contribution is -0.480. The number of pyridine rings is 1. The zero-order valence-corrected chi connectivity index (χ0v) is 21.0. The van der Waals surface area contributed by atoms with Gasteiger partial charge in [0.25, 0.3) is 0 Å². The van der Waals surface area contributed by atoms with E-state index in [0.29, 0.717) is 18.2 Å². The molecule has 3 heterocycles. The van der Waals surface area contributed by atoms with Gasteiger partial charge in [-0.2, -0.15) is 13.2 Å². The average molecular weight is 511 g/mol. The minimum Gasteiger partial charge on any atom is -0.374 e. The second kappa shape index (κ2) is 9.32. The number of azo groups is 1. The van der Waals surface area contributed by atoms with Gasteiger partial charge in [0.15, 0.2) is 0 Å². The molecule has 1 aliphatic carbocycles. The van der Waals surface area contributed by atoms with E-state index in [9.17, 15) is 18.0 Å². The van der Waals surface area contributed by atoms with Gasteiger partial charge in [-0.05, 0) is 66.2 Å². The third kappa shape index (κ3) is 4.60. The normalized spacial score (nSPS) is 17.2. The number of alkyl halides is 3. The molecule has 3 aromatic rings. The lowest BCUT2D eigenvalue weighted by atomic mass is 9.71. The van der Waals surface area contributed by atoms with E-state index in [1.807, 2.05) is 42.6 Å². The number of halogens is 3. The molecule has 1 radical (unpaired) electrons. The van der Waals surface area contributed by atoms with Crippen LogP contribution in [0.3, 0.4) is 0 Å². The predicted octanol–water partition coefficient (Wildman–Crippen LogP) is 5.58. The van der Waals surface area contributed by atoms with Crippen LogP contribution in [-0.2, 0) is 12.7 Å². The molecule has 0 N–H and O–H groups in total. The van der Waals surface area contributed by atoms with E-state index in [1.54, 1.807) is 6.34 Å². The number of benzene rings is 1. The molecule has 1 aromatic carbocycles. The van der Waals surface area contributed by atoms with E-state index in [-0.39, 0.29) is 11.4 Å². The van der Waals surface area contributed by atoms with Crippen molar-refractivity contribution >= 4 is 11.9 Å². The van der Waals surface area contributed by atoms with Crippen molar-refractivity contribution in [2.75, 3.05) is 14.1 Å². The highest BCUT2D eigenvalue weighted by Gasteiger charge is 2.42. The standard InChI is InChI=1S/C27H29F3N6O/c1-17(2)33(3)14-18-11-20(24(19-7-5-8-19)25-32-31-16-34(25)4)13-21(12-18)36-15-23-22(27(28,29)30)9-6-10-35(23)26(36)37/h6,9-13,15-16,19,24H,1,5,7-8,14H2,2-4H3/q+1/t24-/m1/s1. The molecule has 37 heavy (non-hydrogen) atoms. The highest BCUT2D eigenvalue weighted by atomic mass is 19.4. The van der Waals surface area contributed by atoms with E-state index >= 15 is 0 Å². The van der Waals surface area contributed by atoms with Gasteiger partial charge in [0.2, 0.25) is 0 Å².